The van der Waals surface area contributed by atoms with Gasteiger partial charge >= 0.3 is 0 Å². The summed E-state index contributed by atoms with van der Waals surface area (Å²) in [5.74, 6) is 1.94. The monoisotopic (exact) mass is 881 g/mol. The fourth-order valence-electron chi connectivity index (χ4n) is 11.2. The van der Waals surface area contributed by atoms with E-state index in [1.54, 1.807) is 11.3 Å². The highest BCUT2D eigenvalue weighted by molar-refractivity contribution is 7.26. The molecule has 2 aromatic heterocycles. The van der Waals surface area contributed by atoms with E-state index in [2.05, 4.69) is 231 Å². The second kappa shape index (κ2) is 15.2. The molecule has 0 saturated carbocycles. The van der Waals surface area contributed by atoms with Crippen LogP contribution in [0.5, 0.6) is 0 Å². The summed E-state index contributed by atoms with van der Waals surface area (Å²) in [5, 5.41) is 2.46. The molecule has 0 amide bonds. The minimum Gasteiger partial charge on any atom is -0.208 e. The predicted molar refractivity (Wildman–Crippen MR) is 282 cm³/mol. The van der Waals surface area contributed by atoms with Crippen LogP contribution in [0.15, 0.2) is 237 Å². The van der Waals surface area contributed by atoms with E-state index < -0.39 is 0 Å². The van der Waals surface area contributed by atoms with Gasteiger partial charge in [0.05, 0.1) is 5.41 Å². The van der Waals surface area contributed by atoms with Crippen molar-refractivity contribution in [3.05, 3.63) is 259 Å². The highest BCUT2D eigenvalue weighted by atomic mass is 32.1. The normalized spacial score (nSPS) is 12.8. The highest BCUT2D eigenvalue weighted by Crippen LogP contribution is 2.63. The van der Waals surface area contributed by atoms with E-state index in [0.29, 0.717) is 17.5 Å². The van der Waals surface area contributed by atoms with Crippen LogP contribution in [0, 0.1) is 0 Å². The SMILES string of the molecule is c1ccc(-c2ccccc2-c2nc(-c3ccc(-c4ccc(-c5ccc6c(c5)C5(c7ccccc7-c7ccccc75)c5ccccc5-6)cc4)cc3)nc(-c3cccc4c3sc3ccccc34)n2)cc1. The predicted octanol–water partition coefficient (Wildman–Crippen LogP) is 16.6. The van der Waals surface area contributed by atoms with Gasteiger partial charge < -0.3 is 0 Å². The number of fused-ring (bicyclic) bond motifs is 13. The van der Waals surface area contributed by atoms with E-state index in [1.807, 2.05) is 6.07 Å². The topological polar surface area (TPSA) is 38.7 Å². The van der Waals surface area contributed by atoms with Crippen LogP contribution in [0.4, 0.5) is 0 Å². The first-order valence-electron chi connectivity index (χ1n) is 23.2. The molecule has 68 heavy (non-hydrogen) atoms. The fourth-order valence-corrected chi connectivity index (χ4v) is 12.4. The summed E-state index contributed by atoms with van der Waals surface area (Å²) in [7, 11) is 0. The molecular formula is C64H39N3S. The number of thiophene rings is 1. The zero-order valence-electron chi connectivity index (χ0n) is 36.8. The molecule has 0 radical (unpaired) electrons. The van der Waals surface area contributed by atoms with Gasteiger partial charge in [0, 0.05) is 36.9 Å². The van der Waals surface area contributed by atoms with E-state index >= 15 is 0 Å². The second-order valence-electron chi connectivity index (χ2n) is 17.8. The van der Waals surface area contributed by atoms with Crippen LogP contribution in [-0.2, 0) is 5.41 Å². The average Bonchev–Trinajstić information content (AvgIpc) is 4.05. The molecule has 0 bridgehead atoms. The quantitative estimate of drug-likeness (QED) is 0.167. The molecule has 2 heterocycles. The van der Waals surface area contributed by atoms with Crippen LogP contribution in [0.3, 0.4) is 0 Å². The third-order valence-corrected chi connectivity index (χ3v) is 15.4. The summed E-state index contributed by atoms with van der Waals surface area (Å²) in [4.78, 5) is 15.7. The minimum absolute atomic E-state index is 0.367. The van der Waals surface area contributed by atoms with Gasteiger partial charge in [-0.25, -0.2) is 15.0 Å². The zero-order chi connectivity index (χ0) is 44.8. The molecule has 12 aromatic rings. The van der Waals surface area contributed by atoms with Gasteiger partial charge in [-0.3, -0.25) is 0 Å². The number of benzene rings is 10. The molecule has 1 spiro atoms. The first-order valence-corrected chi connectivity index (χ1v) is 24.0. The van der Waals surface area contributed by atoms with Gasteiger partial charge in [-0.2, -0.15) is 0 Å². The van der Waals surface area contributed by atoms with Crippen molar-refractivity contribution in [1.82, 2.24) is 15.0 Å². The lowest BCUT2D eigenvalue weighted by atomic mass is 9.70. The van der Waals surface area contributed by atoms with Crippen molar-refractivity contribution in [2.45, 2.75) is 5.41 Å². The maximum absolute atomic E-state index is 5.26. The van der Waals surface area contributed by atoms with Crippen LogP contribution in [0.2, 0.25) is 0 Å². The summed E-state index contributed by atoms with van der Waals surface area (Å²) in [5.41, 5.74) is 20.1. The van der Waals surface area contributed by atoms with Crippen LogP contribution < -0.4 is 0 Å². The highest BCUT2D eigenvalue weighted by Gasteiger charge is 2.51. The van der Waals surface area contributed by atoms with Crippen LogP contribution >= 0.6 is 11.3 Å². The van der Waals surface area contributed by atoms with Gasteiger partial charge in [0.15, 0.2) is 17.5 Å². The Labute approximate surface area is 398 Å². The Morgan fingerprint density at radius 2 is 0.706 bits per heavy atom. The second-order valence-corrected chi connectivity index (χ2v) is 18.9. The third kappa shape index (κ3) is 5.81. The van der Waals surface area contributed by atoms with Gasteiger partial charge in [-0.05, 0) is 96.1 Å². The molecule has 0 unspecified atom stereocenters. The molecule has 3 nitrogen and oxygen atoms in total. The molecule has 2 aliphatic carbocycles. The lowest BCUT2D eigenvalue weighted by Gasteiger charge is -2.30. The van der Waals surface area contributed by atoms with Crippen molar-refractivity contribution in [3.8, 4) is 89.8 Å². The van der Waals surface area contributed by atoms with Crippen LogP contribution in [0.25, 0.3) is 110 Å². The van der Waals surface area contributed by atoms with Gasteiger partial charge in [0.25, 0.3) is 0 Å². The lowest BCUT2D eigenvalue weighted by molar-refractivity contribution is 0.794. The van der Waals surface area contributed by atoms with E-state index in [0.717, 1.165) is 38.9 Å². The molecule has 0 aliphatic heterocycles. The zero-order valence-corrected chi connectivity index (χ0v) is 37.6. The van der Waals surface area contributed by atoms with Gasteiger partial charge in [0.1, 0.15) is 0 Å². The summed E-state index contributed by atoms with van der Waals surface area (Å²) < 4.78 is 2.42. The van der Waals surface area contributed by atoms with Crippen molar-refractivity contribution >= 4 is 31.5 Å². The van der Waals surface area contributed by atoms with Crippen molar-refractivity contribution < 1.29 is 0 Å². The summed E-state index contributed by atoms with van der Waals surface area (Å²) in [6, 6.07) is 85.7. The smallest absolute Gasteiger partial charge is 0.165 e. The van der Waals surface area contributed by atoms with Crippen molar-refractivity contribution in [3.63, 3.8) is 0 Å². The van der Waals surface area contributed by atoms with E-state index in [9.17, 15) is 0 Å². The number of nitrogens with zero attached hydrogens (tertiary/aromatic N) is 3. The van der Waals surface area contributed by atoms with E-state index in [1.165, 1.54) is 75.8 Å². The first-order chi connectivity index (χ1) is 33.7. The van der Waals surface area contributed by atoms with Gasteiger partial charge in [-0.15, -0.1) is 11.3 Å². The maximum atomic E-state index is 5.26. The Kier molecular flexibility index (Phi) is 8.67. The largest absolute Gasteiger partial charge is 0.208 e. The molecule has 0 saturated heterocycles. The number of aromatic nitrogens is 3. The number of hydrogen-bond acceptors (Lipinski definition) is 4. The van der Waals surface area contributed by atoms with Crippen LogP contribution in [0.1, 0.15) is 22.3 Å². The van der Waals surface area contributed by atoms with Gasteiger partial charge in [0.2, 0.25) is 0 Å². The van der Waals surface area contributed by atoms with E-state index in [-0.39, 0.29) is 5.41 Å². The molecule has 4 heteroatoms. The molecule has 10 aromatic carbocycles. The minimum atomic E-state index is -0.367. The molecule has 316 valence electrons. The molecule has 0 fully saturated rings. The average molecular weight is 882 g/mol. The maximum Gasteiger partial charge on any atom is 0.165 e. The molecule has 2 aliphatic rings. The summed E-state index contributed by atoms with van der Waals surface area (Å²) in [6.45, 7) is 0. The number of hydrogen-bond donors (Lipinski definition) is 0. The van der Waals surface area contributed by atoms with Crippen LogP contribution in [-0.4, -0.2) is 15.0 Å². The molecule has 0 N–H and O–H groups in total. The standard InChI is InChI=1S/C64H39N3S/c1-2-15-43(16-3-1)46-17-4-5-22-53(46)62-65-61(66-63(67-62)54-24-14-23-52-51-21-9-13-28-59(51)68-60(52)54)44-35-33-41(34-36-44)40-29-31-42(32-30-40)45-37-38-50-49-20-8-12-27-57(49)64(58(50)39-45)55-25-10-6-18-47(55)48-19-7-11-26-56(48)64/h1-39H. The van der Waals surface area contributed by atoms with Crippen molar-refractivity contribution in [2.24, 2.45) is 0 Å². The van der Waals surface area contributed by atoms with Crippen molar-refractivity contribution in [1.29, 1.82) is 0 Å². The van der Waals surface area contributed by atoms with E-state index in [4.69, 9.17) is 15.0 Å². The molecule has 14 rings (SSSR count). The third-order valence-electron chi connectivity index (χ3n) is 14.2. The van der Waals surface area contributed by atoms with Crippen molar-refractivity contribution in [2.75, 3.05) is 0 Å². The summed E-state index contributed by atoms with van der Waals surface area (Å²) >= 11 is 1.79. The Balaban J connectivity index is 0.838. The van der Waals surface area contributed by atoms with Gasteiger partial charge in [-0.1, -0.05) is 218 Å². The first kappa shape index (κ1) is 38.7. The summed E-state index contributed by atoms with van der Waals surface area (Å²) in [6.07, 6.45) is 0. The number of rotatable bonds is 6. The Hall–Kier alpha value is -8.57. The Bertz CT molecular complexity index is 3900. The Morgan fingerprint density at radius 1 is 0.265 bits per heavy atom. The fraction of sp³-hybridized carbons (Fsp3) is 0.0156. The molecule has 0 atom stereocenters. The lowest BCUT2D eigenvalue weighted by Crippen LogP contribution is -2.25. The molecular weight excluding hydrogens is 843 g/mol. The Morgan fingerprint density at radius 3 is 1.35 bits per heavy atom.